The Bertz CT molecular complexity index is 1180. The highest BCUT2D eigenvalue weighted by molar-refractivity contribution is 7.22. The first-order valence-electron chi connectivity index (χ1n) is 9.43. The Morgan fingerprint density at radius 1 is 1.13 bits per heavy atom. The number of halogens is 1. The van der Waals surface area contributed by atoms with E-state index in [4.69, 9.17) is 9.72 Å². The number of ether oxygens (including phenoxy) is 1. The van der Waals surface area contributed by atoms with Crippen LogP contribution in [0.3, 0.4) is 0 Å². The molecule has 2 aromatic carbocycles. The van der Waals surface area contributed by atoms with Gasteiger partial charge in [-0.1, -0.05) is 35.6 Å². The normalized spacial score (nSPS) is 10.9. The van der Waals surface area contributed by atoms with Gasteiger partial charge in [-0.25, -0.2) is 9.37 Å². The SMILES string of the molecule is COc1ccc(C)c2sc(N(Cc3cccnc3)C(=O)Cc3ccc(F)cc3)nc12. The predicted octanol–water partition coefficient (Wildman–Crippen LogP) is 4.92. The molecule has 0 aliphatic carbocycles. The topological polar surface area (TPSA) is 55.3 Å². The second-order valence-corrected chi connectivity index (χ2v) is 7.88. The van der Waals surface area contributed by atoms with Crippen molar-refractivity contribution in [2.45, 2.75) is 19.9 Å². The lowest BCUT2D eigenvalue weighted by Crippen LogP contribution is -2.31. The highest BCUT2D eigenvalue weighted by atomic mass is 32.1. The number of fused-ring (bicyclic) bond motifs is 1. The summed E-state index contributed by atoms with van der Waals surface area (Å²) in [5.74, 6) is 0.221. The summed E-state index contributed by atoms with van der Waals surface area (Å²) in [6.07, 6.45) is 3.57. The number of aromatic nitrogens is 2. The minimum Gasteiger partial charge on any atom is -0.494 e. The quantitative estimate of drug-likeness (QED) is 0.443. The van der Waals surface area contributed by atoms with Gasteiger partial charge in [-0.2, -0.15) is 0 Å². The van der Waals surface area contributed by atoms with E-state index in [1.807, 2.05) is 31.2 Å². The van der Waals surface area contributed by atoms with Gasteiger partial charge in [-0.15, -0.1) is 0 Å². The fraction of sp³-hybridized carbons (Fsp3) is 0.174. The monoisotopic (exact) mass is 421 g/mol. The minimum atomic E-state index is -0.327. The molecule has 0 bridgehead atoms. The van der Waals surface area contributed by atoms with E-state index in [0.717, 1.165) is 26.9 Å². The van der Waals surface area contributed by atoms with Gasteiger partial charge in [0.2, 0.25) is 5.91 Å². The van der Waals surface area contributed by atoms with Gasteiger partial charge in [0.1, 0.15) is 17.1 Å². The van der Waals surface area contributed by atoms with E-state index in [-0.39, 0.29) is 18.1 Å². The molecule has 2 heterocycles. The number of thiazole rings is 1. The van der Waals surface area contributed by atoms with Gasteiger partial charge in [-0.3, -0.25) is 14.7 Å². The maximum Gasteiger partial charge on any atom is 0.233 e. The summed E-state index contributed by atoms with van der Waals surface area (Å²) in [4.78, 5) is 23.8. The molecule has 0 saturated carbocycles. The van der Waals surface area contributed by atoms with E-state index < -0.39 is 0 Å². The van der Waals surface area contributed by atoms with Gasteiger partial charge in [0.15, 0.2) is 5.13 Å². The Morgan fingerprint density at radius 2 is 1.93 bits per heavy atom. The molecule has 0 unspecified atom stereocenters. The van der Waals surface area contributed by atoms with Crippen molar-refractivity contribution in [3.63, 3.8) is 0 Å². The highest BCUT2D eigenvalue weighted by Gasteiger charge is 2.22. The molecule has 4 aromatic rings. The summed E-state index contributed by atoms with van der Waals surface area (Å²) >= 11 is 1.46. The number of anilines is 1. The molecule has 2 aromatic heterocycles. The fourth-order valence-corrected chi connectivity index (χ4v) is 4.26. The number of hydrogen-bond donors (Lipinski definition) is 0. The first kappa shape index (κ1) is 20.0. The molecule has 0 saturated heterocycles. The van der Waals surface area contributed by atoms with Crippen LogP contribution in [-0.4, -0.2) is 23.0 Å². The molecule has 0 aliphatic rings. The van der Waals surface area contributed by atoms with Crippen molar-refractivity contribution in [2.75, 3.05) is 12.0 Å². The largest absolute Gasteiger partial charge is 0.494 e. The Labute approximate surface area is 177 Å². The minimum absolute atomic E-state index is 0.124. The van der Waals surface area contributed by atoms with E-state index in [0.29, 0.717) is 17.4 Å². The number of carbonyl (C=O) groups is 1. The van der Waals surface area contributed by atoms with Crippen LogP contribution in [0, 0.1) is 12.7 Å². The number of hydrogen-bond acceptors (Lipinski definition) is 5. The van der Waals surface area contributed by atoms with E-state index >= 15 is 0 Å². The second kappa shape index (κ2) is 8.59. The van der Waals surface area contributed by atoms with Gasteiger partial charge in [0.25, 0.3) is 0 Å². The van der Waals surface area contributed by atoms with Gasteiger partial charge < -0.3 is 4.74 Å². The molecule has 5 nitrogen and oxygen atoms in total. The lowest BCUT2D eigenvalue weighted by molar-refractivity contribution is -0.118. The highest BCUT2D eigenvalue weighted by Crippen LogP contribution is 2.37. The van der Waals surface area contributed by atoms with Crippen LogP contribution in [0.25, 0.3) is 10.2 Å². The molecule has 1 amide bonds. The van der Waals surface area contributed by atoms with Crippen molar-refractivity contribution in [3.05, 3.63) is 83.4 Å². The maximum absolute atomic E-state index is 13.3. The lowest BCUT2D eigenvalue weighted by atomic mass is 10.1. The van der Waals surface area contributed by atoms with Gasteiger partial charge in [0, 0.05) is 12.4 Å². The van der Waals surface area contributed by atoms with E-state index in [1.165, 1.54) is 23.5 Å². The number of nitrogens with zero attached hydrogens (tertiary/aromatic N) is 3. The van der Waals surface area contributed by atoms with Crippen molar-refractivity contribution >= 4 is 32.6 Å². The van der Waals surface area contributed by atoms with Gasteiger partial charge in [-0.05, 0) is 47.9 Å². The molecular formula is C23H20FN3O2S. The summed E-state index contributed by atoms with van der Waals surface area (Å²) in [6, 6.07) is 13.6. The van der Waals surface area contributed by atoms with Crippen LogP contribution < -0.4 is 9.64 Å². The van der Waals surface area contributed by atoms with E-state index in [2.05, 4.69) is 4.98 Å². The second-order valence-electron chi connectivity index (χ2n) is 6.90. The van der Waals surface area contributed by atoms with Crippen LogP contribution in [0.15, 0.2) is 60.9 Å². The number of pyridine rings is 1. The molecule has 4 rings (SSSR count). The Kier molecular flexibility index (Phi) is 5.72. The van der Waals surface area contributed by atoms with Crippen LogP contribution in [0.1, 0.15) is 16.7 Å². The third kappa shape index (κ3) is 4.16. The maximum atomic E-state index is 13.3. The van der Waals surface area contributed by atoms with Crippen LogP contribution in [0.5, 0.6) is 5.75 Å². The number of benzene rings is 2. The van der Waals surface area contributed by atoms with E-state index in [9.17, 15) is 9.18 Å². The summed E-state index contributed by atoms with van der Waals surface area (Å²) in [5.41, 5.74) is 3.45. The van der Waals surface area contributed by atoms with Crippen molar-refractivity contribution in [3.8, 4) is 5.75 Å². The zero-order chi connectivity index (χ0) is 21.1. The average molecular weight is 421 g/mol. The van der Waals surface area contributed by atoms with Crippen LogP contribution >= 0.6 is 11.3 Å². The van der Waals surface area contributed by atoms with Gasteiger partial charge >= 0.3 is 0 Å². The third-order valence-electron chi connectivity index (χ3n) is 4.78. The molecule has 30 heavy (non-hydrogen) atoms. The van der Waals surface area contributed by atoms with Gasteiger partial charge in [0.05, 0.1) is 24.8 Å². The molecule has 0 N–H and O–H groups in total. The van der Waals surface area contributed by atoms with E-state index in [1.54, 1.807) is 36.5 Å². The van der Waals surface area contributed by atoms with Crippen molar-refractivity contribution in [1.82, 2.24) is 9.97 Å². The number of methoxy groups -OCH3 is 1. The summed E-state index contributed by atoms with van der Waals surface area (Å²) in [6.45, 7) is 2.35. The summed E-state index contributed by atoms with van der Waals surface area (Å²) in [7, 11) is 1.61. The number of amides is 1. The first-order chi connectivity index (χ1) is 14.5. The number of carbonyl (C=O) groups excluding carboxylic acids is 1. The van der Waals surface area contributed by atoms with Crippen molar-refractivity contribution < 1.29 is 13.9 Å². The van der Waals surface area contributed by atoms with Crippen molar-refractivity contribution in [1.29, 1.82) is 0 Å². The fourth-order valence-electron chi connectivity index (χ4n) is 3.19. The number of aryl methyl sites for hydroxylation is 1. The summed E-state index contributed by atoms with van der Waals surface area (Å²) in [5, 5.41) is 0.591. The molecule has 0 atom stereocenters. The zero-order valence-electron chi connectivity index (χ0n) is 16.6. The molecular weight excluding hydrogens is 401 g/mol. The van der Waals surface area contributed by atoms with Crippen molar-refractivity contribution in [2.24, 2.45) is 0 Å². The lowest BCUT2D eigenvalue weighted by Gasteiger charge is -2.20. The van der Waals surface area contributed by atoms with Crippen LogP contribution in [-0.2, 0) is 17.8 Å². The standard InChI is InChI=1S/C23H20FN3O2S/c1-15-5-10-19(29-2)21-22(15)30-23(26-21)27(14-17-4-3-11-25-13-17)20(28)12-16-6-8-18(24)9-7-16/h3-11,13H,12,14H2,1-2H3. The molecule has 0 radical (unpaired) electrons. The molecule has 152 valence electrons. The predicted molar refractivity (Wildman–Crippen MR) is 116 cm³/mol. The molecule has 0 spiro atoms. The van der Waals surface area contributed by atoms with Crippen LogP contribution in [0.2, 0.25) is 0 Å². The van der Waals surface area contributed by atoms with Crippen LogP contribution in [0.4, 0.5) is 9.52 Å². The zero-order valence-corrected chi connectivity index (χ0v) is 17.4. The molecule has 0 aliphatic heterocycles. The smallest absolute Gasteiger partial charge is 0.233 e. The third-order valence-corrected chi connectivity index (χ3v) is 5.99. The number of rotatable bonds is 6. The average Bonchev–Trinajstić information content (AvgIpc) is 3.21. The first-order valence-corrected chi connectivity index (χ1v) is 10.2. The molecule has 7 heteroatoms. The Morgan fingerprint density at radius 3 is 2.63 bits per heavy atom. The molecule has 0 fully saturated rings. The Hall–Kier alpha value is -3.32. The summed E-state index contributed by atoms with van der Waals surface area (Å²) < 4.78 is 19.7. The Balaban J connectivity index is 1.73.